The zero-order valence-corrected chi connectivity index (χ0v) is 13.0. The minimum atomic E-state index is 0.486. The Morgan fingerprint density at radius 2 is 2.15 bits per heavy atom. The van der Waals surface area contributed by atoms with E-state index in [0.717, 1.165) is 28.8 Å². The summed E-state index contributed by atoms with van der Waals surface area (Å²) in [5.41, 5.74) is 3.24. The van der Waals surface area contributed by atoms with Gasteiger partial charge in [-0.3, -0.25) is 4.57 Å². The molecule has 3 heterocycles. The van der Waals surface area contributed by atoms with Crippen molar-refractivity contribution in [1.29, 1.82) is 0 Å². The lowest BCUT2D eigenvalue weighted by atomic mass is 10.0. The summed E-state index contributed by atoms with van der Waals surface area (Å²) in [6.45, 7) is 7.85. The summed E-state index contributed by atoms with van der Waals surface area (Å²) >= 11 is 5.51. The maximum Gasteiger partial charge on any atom is 0.179 e. The Labute approximate surface area is 124 Å². The number of aromatic nitrogens is 3. The van der Waals surface area contributed by atoms with Crippen molar-refractivity contribution in [2.45, 2.75) is 39.2 Å². The maximum absolute atomic E-state index is 5.51. The molecule has 0 aromatic carbocycles. The van der Waals surface area contributed by atoms with Crippen LogP contribution in [0.3, 0.4) is 0 Å². The Kier molecular flexibility index (Phi) is 3.89. The molecule has 1 N–H and O–H groups in total. The maximum atomic E-state index is 5.51. The summed E-state index contributed by atoms with van der Waals surface area (Å²) in [7, 11) is 0. The van der Waals surface area contributed by atoms with Gasteiger partial charge < -0.3 is 9.88 Å². The van der Waals surface area contributed by atoms with Crippen LogP contribution >= 0.6 is 12.2 Å². The van der Waals surface area contributed by atoms with Gasteiger partial charge in [0.15, 0.2) is 10.4 Å². The average molecular weight is 290 g/mol. The first-order chi connectivity index (χ1) is 9.69. The van der Waals surface area contributed by atoms with E-state index in [1.165, 1.54) is 31.6 Å². The third kappa shape index (κ3) is 2.52. The van der Waals surface area contributed by atoms with Crippen LogP contribution in [0.4, 0.5) is 0 Å². The number of hydrogen-bond acceptors (Lipinski definition) is 3. The van der Waals surface area contributed by atoms with Gasteiger partial charge in [0.1, 0.15) is 0 Å². The van der Waals surface area contributed by atoms with Crippen LogP contribution in [0.2, 0.25) is 0 Å². The number of aryl methyl sites for hydroxylation is 1. The normalized spacial score (nSPS) is 17.9. The molecule has 4 nitrogen and oxygen atoms in total. The lowest BCUT2D eigenvalue weighted by Crippen LogP contribution is -2.35. The number of hydrogen-bond donors (Lipinski definition) is 1. The number of H-pyrrole nitrogens is 1. The van der Waals surface area contributed by atoms with Crippen LogP contribution in [0.15, 0.2) is 12.3 Å². The van der Waals surface area contributed by atoms with Gasteiger partial charge in [-0.25, -0.2) is 4.98 Å². The van der Waals surface area contributed by atoms with E-state index < -0.39 is 0 Å². The van der Waals surface area contributed by atoms with Crippen LogP contribution in [0, 0.1) is 11.7 Å². The zero-order valence-electron chi connectivity index (χ0n) is 12.2. The molecule has 1 saturated heterocycles. The van der Waals surface area contributed by atoms with Crippen molar-refractivity contribution in [2.75, 3.05) is 19.6 Å². The smallest absolute Gasteiger partial charge is 0.179 e. The second-order valence-electron chi connectivity index (χ2n) is 5.76. The summed E-state index contributed by atoms with van der Waals surface area (Å²) in [5, 5.41) is 0. The standard InChI is InChI=1S/C15H22N4S/c1-3-6-18-7-4-12(5-8-18)19-14-13(17-15(19)20)9-11(2)10-16-14/h9-10,12H,3-8H2,1-2H3,(H,17,20). The number of nitrogens with one attached hydrogen (secondary N) is 1. The van der Waals surface area contributed by atoms with Crippen LogP contribution < -0.4 is 0 Å². The van der Waals surface area contributed by atoms with E-state index in [9.17, 15) is 0 Å². The number of rotatable bonds is 3. The van der Waals surface area contributed by atoms with Gasteiger partial charge in [0.2, 0.25) is 0 Å². The molecule has 1 aliphatic heterocycles. The zero-order chi connectivity index (χ0) is 14.1. The predicted molar refractivity (Wildman–Crippen MR) is 84.7 cm³/mol. The molecular weight excluding hydrogens is 268 g/mol. The highest BCUT2D eigenvalue weighted by molar-refractivity contribution is 7.71. The Balaban J connectivity index is 1.88. The lowest BCUT2D eigenvalue weighted by Gasteiger charge is -2.32. The number of imidazole rings is 1. The Bertz CT molecular complexity index is 649. The molecule has 108 valence electrons. The number of fused-ring (bicyclic) bond motifs is 1. The van der Waals surface area contributed by atoms with E-state index in [0.29, 0.717) is 6.04 Å². The van der Waals surface area contributed by atoms with Crippen molar-refractivity contribution in [2.24, 2.45) is 0 Å². The van der Waals surface area contributed by atoms with E-state index >= 15 is 0 Å². The van der Waals surface area contributed by atoms with Crippen LogP contribution in [0.25, 0.3) is 11.2 Å². The van der Waals surface area contributed by atoms with Crippen molar-refractivity contribution in [3.63, 3.8) is 0 Å². The quantitative estimate of drug-likeness (QED) is 0.880. The van der Waals surface area contributed by atoms with Crippen molar-refractivity contribution in [3.8, 4) is 0 Å². The van der Waals surface area contributed by atoms with E-state index in [2.05, 4.69) is 39.3 Å². The molecular formula is C15H22N4S. The fourth-order valence-electron chi connectivity index (χ4n) is 3.17. The first kappa shape index (κ1) is 13.8. The molecule has 0 radical (unpaired) electrons. The highest BCUT2D eigenvalue weighted by atomic mass is 32.1. The number of nitrogens with zero attached hydrogens (tertiary/aromatic N) is 3. The summed E-state index contributed by atoms with van der Waals surface area (Å²) in [6, 6.07) is 2.61. The van der Waals surface area contributed by atoms with Crippen LogP contribution in [0.5, 0.6) is 0 Å². The minimum Gasteiger partial charge on any atom is -0.329 e. The molecule has 0 amide bonds. The van der Waals surface area contributed by atoms with Crippen molar-refractivity contribution in [3.05, 3.63) is 22.6 Å². The molecule has 0 aliphatic carbocycles. The van der Waals surface area contributed by atoms with Gasteiger partial charge in [0.05, 0.1) is 5.52 Å². The van der Waals surface area contributed by atoms with E-state index in [-0.39, 0.29) is 0 Å². The lowest BCUT2D eigenvalue weighted by molar-refractivity contribution is 0.188. The van der Waals surface area contributed by atoms with Crippen molar-refractivity contribution in [1.82, 2.24) is 19.4 Å². The summed E-state index contributed by atoms with van der Waals surface area (Å²) in [4.78, 5) is 10.4. The summed E-state index contributed by atoms with van der Waals surface area (Å²) < 4.78 is 3.04. The molecule has 1 fully saturated rings. The fraction of sp³-hybridized carbons (Fsp3) is 0.600. The van der Waals surface area contributed by atoms with Gasteiger partial charge in [0.25, 0.3) is 0 Å². The second-order valence-corrected chi connectivity index (χ2v) is 6.14. The Morgan fingerprint density at radius 1 is 1.40 bits per heavy atom. The van der Waals surface area contributed by atoms with Crippen molar-refractivity contribution >= 4 is 23.4 Å². The second kappa shape index (κ2) is 5.66. The molecule has 3 rings (SSSR count). The van der Waals surface area contributed by atoms with E-state index in [1.54, 1.807) is 0 Å². The molecule has 20 heavy (non-hydrogen) atoms. The monoisotopic (exact) mass is 290 g/mol. The first-order valence-corrected chi connectivity index (χ1v) is 7.89. The molecule has 2 aromatic rings. The fourth-order valence-corrected chi connectivity index (χ4v) is 3.52. The van der Waals surface area contributed by atoms with Crippen molar-refractivity contribution < 1.29 is 0 Å². The van der Waals surface area contributed by atoms with E-state index in [4.69, 9.17) is 12.2 Å². The SMILES string of the molecule is CCCN1CCC(n2c(=S)[nH]c3cc(C)cnc32)CC1. The number of pyridine rings is 1. The van der Waals surface area contributed by atoms with Crippen LogP contribution in [-0.2, 0) is 0 Å². The minimum absolute atomic E-state index is 0.486. The van der Waals surface area contributed by atoms with E-state index in [1.807, 2.05) is 6.20 Å². The predicted octanol–water partition coefficient (Wildman–Crippen LogP) is 3.45. The molecule has 0 spiro atoms. The molecule has 5 heteroatoms. The summed E-state index contributed by atoms with van der Waals surface area (Å²) in [6.07, 6.45) is 5.49. The van der Waals surface area contributed by atoms with Crippen LogP contribution in [0.1, 0.15) is 37.8 Å². The molecule has 1 aliphatic rings. The first-order valence-electron chi connectivity index (χ1n) is 7.48. The van der Waals surface area contributed by atoms with Gasteiger partial charge in [0, 0.05) is 25.3 Å². The molecule has 2 aromatic heterocycles. The topological polar surface area (TPSA) is 36.9 Å². The van der Waals surface area contributed by atoms with Gasteiger partial charge in [-0.15, -0.1) is 0 Å². The van der Waals surface area contributed by atoms with Crippen LogP contribution in [-0.4, -0.2) is 39.1 Å². The van der Waals surface area contributed by atoms with Gasteiger partial charge in [-0.1, -0.05) is 6.92 Å². The number of aromatic amines is 1. The van der Waals surface area contributed by atoms with Gasteiger partial charge >= 0.3 is 0 Å². The molecule has 0 unspecified atom stereocenters. The Morgan fingerprint density at radius 3 is 2.85 bits per heavy atom. The molecule has 0 bridgehead atoms. The molecule has 0 atom stereocenters. The average Bonchev–Trinajstić information content (AvgIpc) is 2.75. The summed E-state index contributed by atoms with van der Waals surface area (Å²) in [5.74, 6) is 0. The van der Waals surface area contributed by atoms with Gasteiger partial charge in [-0.2, -0.15) is 0 Å². The van der Waals surface area contributed by atoms with Gasteiger partial charge in [-0.05, 0) is 56.6 Å². The highest BCUT2D eigenvalue weighted by Gasteiger charge is 2.22. The molecule has 0 saturated carbocycles. The third-order valence-corrected chi connectivity index (χ3v) is 4.45. The number of piperidine rings is 1. The largest absolute Gasteiger partial charge is 0.329 e. The Hall–Kier alpha value is -1.20. The number of likely N-dealkylation sites (tertiary alicyclic amines) is 1. The highest BCUT2D eigenvalue weighted by Crippen LogP contribution is 2.26. The third-order valence-electron chi connectivity index (χ3n) is 4.15.